The number of nitriles is 1. The minimum Gasteiger partial charge on any atom is -0.479 e. The number of nitrogens with one attached hydrogen (secondary N) is 1. The van der Waals surface area contributed by atoms with Gasteiger partial charge in [-0.1, -0.05) is 6.07 Å². The number of H-pyrrole nitrogens is 1. The third kappa shape index (κ3) is 2.12. The van der Waals surface area contributed by atoms with Crippen molar-refractivity contribution in [3.8, 4) is 6.07 Å². The predicted molar refractivity (Wildman–Crippen MR) is 60.4 cm³/mol. The number of aromatic nitrogens is 1. The molecule has 5 heteroatoms. The molecule has 17 heavy (non-hydrogen) atoms. The second kappa shape index (κ2) is 4.28. The summed E-state index contributed by atoms with van der Waals surface area (Å²) < 4.78 is 0. The lowest BCUT2D eigenvalue weighted by molar-refractivity contribution is -0.146. The van der Waals surface area contributed by atoms with Crippen LogP contribution in [0.25, 0.3) is 10.9 Å². The summed E-state index contributed by atoms with van der Waals surface area (Å²) in [7, 11) is 0. The fourth-order valence-corrected chi connectivity index (χ4v) is 1.72. The third-order valence-corrected chi connectivity index (χ3v) is 2.59. The van der Waals surface area contributed by atoms with Gasteiger partial charge in [-0.25, -0.2) is 4.79 Å². The molecule has 1 atom stereocenters. The first-order valence-electron chi connectivity index (χ1n) is 5.03. The van der Waals surface area contributed by atoms with Crippen LogP contribution in [0.2, 0.25) is 0 Å². The van der Waals surface area contributed by atoms with E-state index in [0.717, 1.165) is 16.5 Å². The van der Waals surface area contributed by atoms with Gasteiger partial charge in [0.1, 0.15) is 0 Å². The second-order valence-corrected chi connectivity index (χ2v) is 3.74. The molecule has 0 aliphatic rings. The van der Waals surface area contributed by atoms with Gasteiger partial charge in [-0.05, 0) is 17.7 Å². The second-order valence-electron chi connectivity index (χ2n) is 3.74. The molecule has 0 aliphatic carbocycles. The van der Waals surface area contributed by atoms with E-state index in [0.29, 0.717) is 5.56 Å². The number of hydrogen-bond donors (Lipinski definition) is 3. The Bertz CT molecular complexity index is 610. The van der Waals surface area contributed by atoms with Gasteiger partial charge in [0, 0.05) is 23.5 Å². The molecule has 3 N–H and O–H groups in total. The fourth-order valence-electron chi connectivity index (χ4n) is 1.72. The number of carbonyl (C=O) groups is 1. The number of carboxylic acids is 1. The van der Waals surface area contributed by atoms with E-state index in [1.54, 1.807) is 24.4 Å². The molecule has 1 heterocycles. The molecule has 5 nitrogen and oxygen atoms in total. The molecule has 0 amide bonds. The van der Waals surface area contributed by atoms with E-state index in [2.05, 4.69) is 4.98 Å². The topological polar surface area (TPSA) is 97.1 Å². The standard InChI is InChI=1S/C12H10N2O3/c13-5-7-1-2-9-8(4-11(15)12(16)17)6-14-10(9)3-7/h1-3,6,11,14-15H,4H2,(H,16,17)/t11-/m0/s1. The van der Waals surface area contributed by atoms with E-state index in [1.165, 1.54) is 0 Å². The monoisotopic (exact) mass is 230 g/mol. The van der Waals surface area contributed by atoms with Crippen molar-refractivity contribution in [2.75, 3.05) is 0 Å². The molecular weight excluding hydrogens is 220 g/mol. The van der Waals surface area contributed by atoms with Crippen LogP contribution in [0.4, 0.5) is 0 Å². The van der Waals surface area contributed by atoms with Gasteiger partial charge in [-0.2, -0.15) is 5.26 Å². The Balaban J connectivity index is 2.37. The van der Waals surface area contributed by atoms with Gasteiger partial charge in [0.05, 0.1) is 11.6 Å². The molecule has 0 radical (unpaired) electrons. The molecule has 86 valence electrons. The molecule has 0 saturated carbocycles. The lowest BCUT2D eigenvalue weighted by Crippen LogP contribution is -2.21. The average molecular weight is 230 g/mol. The van der Waals surface area contributed by atoms with Crippen molar-refractivity contribution in [3.05, 3.63) is 35.5 Å². The predicted octanol–water partition coefficient (Wildman–Crippen LogP) is 1.03. The molecule has 0 fully saturated rings. The first-order chi connectivity index (χ1) is 8.11. The Kier molecular flexibility index (Phi) is 2.81. The van der Waals surface area contributed by atoms with Crippen LogP contribution in [0.3, 0.4) is 0 Å². The molecule has 0 bridgehead atoms. The summed E-state index contributed by atoms with van der Waals surface area (Å²) >= 11 is 0. The fraction of sp³-hybridized carbons (Fsp3) is 0.167. The van der Waals surface area contributed by atoms with Crippen molar-refractivity contribution in [2.45, 2.75) is 12.5 Å². The largest absolute Gasteiger partial charge is 0.479 e. The smallest absolute Gasteiger partial charge is 0.332 e. The number of aliphatic carboxylic acids is 1. The van der Waals surface area contributed by atoms with Crippen LogP contribution in [-0.4, -0.2) is 27.3 Å². The van der Waals surface area contributed by atoms with Crippen molar-refractivity contribution in [1.29, 1.82) is 5.26 Å². The zero-order chi connectivity index (χ0) is 12.4. The Morgan fingerprint density at radius 1 is 1.53 bits per heavy atom. The highest BCUT2D eigenvalue weighted by molar-refractivity contribution is 5.85. The summed E-state index contributed by atoms with van der Waals surface area (Å²) in [5, 5.41) is 27.5. The van der Waals surface area contributed by atoms with Gasteiger partial charge < -0.3 is 15.2 Å². The number of fused-ring (bicyclic) bond motifs is 1. The van der Waals surface area contributed by atoms with E-state index in [9.17, 15) is 9.90 Å². The number of rotatable bonds is 3. The van der Waals surface area contributed by atoms with E-state index in [-0.39, 0.29) is 6.42 Å². The number of hydrogen-bond acceptors (Lipinski definition) is 3. The van der Waals surface area contributed by atoms with Crippen LogP contribution in [0.5, 0.6) is 0 Å². The molecule has 0 spiro atoms. The summed E-state index contributed by atoms with van der Waals surface area (Å²) in [5.41, 5.74) is 2.01. The maximum absolute atomic E-state index is 10.6. The summed E-state index contributed by atoms with van der Waals surface area (Å²) in [5.74, 6) is -1.24. The van der Waals surface area contributed by atoms with E-state index >= 15 is 0 Å². The first-order valence-corrected chi connectivity index (χ1v) is 5.03. The molecule has 1 aromatic carbocycles. The van der Waals surface area contributed by atoms with Crippen LogP contribution < -0.4 is 0 Å². The van der Waals surface area contributed by atoms with Crippen molar-refractivity contribution in [2.24, 2.45) is 0 Å². The van der Waals surface area contributed by atoms with E-state index in [4.69, 9.17) is 10.4 Å². The number of nitrogens with zero attached hydrogens (tertiary/aromatic N) is 1. The van der Waals surface area contributed by atoms with Gasteiger partial charge in [-0.15, -0.1) is 0 Å². The molecule has 1 aromatic heterocycles. The number of carboxylic acid groups (broad SMARTS) is 1. The van der Waals surface area contributed by atoms with Gasteiger partial charge >= 0.3 is 5.97 Å². The molecule has 2 rings (SSSR count). The number of aliphatic hydroxyl groups excluding tert-OH is 1. The van der Waals surface area contributed by atoms with Crippen LogP contribution >= 0.6 is 0 Å². The van der Waals surface area contributed by atoms with E-state index < -0.39 is 12.1 Å². The van der Waals surface area contributed by atoms with Crippen molar-refractivity contribution in [1.82, 2.24) is 4.98 Å². The van der Waals surface area contributed by atoms with E-state index in [1.807, 2.05) is 6.07 Å². The third-order valence-electron chi connectivity index (χ3n) is 2.59. The van der Waals surface area contributed by atoms with Gasteiger partial charge in [-0.3, -0.25) is 0 Å². The molecule has 0 unspecified atom stereocenters. The van der Waals surface area contributed by atoms with Crippen LogP contribution in [0.1, 0.15) is 11.1 Å². The minimum absolute atomic E-state index is 0.0429. The number of aromatic amines is 1. The highest BCUT2D eigenvalue weighted by atomic mass is 16.4. The normalized spacial score (nSPS) is 12.2. The van der Waals surface area contributed by atoms with Crippen molar-refractivity contribution in [3.63, 3.8) is 0 Å². The van der Waals surface area contributed by atoms with Crippen molar-refractivity contribution >= 4 is 16.9 Å². The number of aliphatic hydroxyl groups is 1. The zero-order valence-corrected chi connectivity index (χ0v) is 8.84. The quantitative estimate of drug-likeness (QED) is 0.733. The highest BCUT2D eigenvalue weighted by Crippen LogP contribution is 2.20. The van der Waals surface area contributed by atoms with Gasteiger partial charge in [0.25, 0.3) is 0 Å². The van der Waals surface area contributed by atoms with Gasteiger partial charge in [0.2, 0.25) is 0 Å². The zero-order valence-electron chi connectivity index (χ0n) is 8.84. The summed E-state index contributed by atoms with van der Waals surface area (Å²) in [4.78, 5) is 13.5. The minimum atomic E-state index is -1.41. The molecule has 0 saturated heterocycles. The summed E-state index contributed by atoms with van der Waals surface area (Å²) in [6.07, 6.45) is 0.281. The SMILES string of the molecule is N#Cc1ccc2c(C[C@H](O)C(=O)O)c[nH]c2c1. The Morgan fingerprint density at radius 2 is 2.29 bits per heavy atom. The average Bonchev–Trinajstić information content (AvgIpc) is 2.71. The van der Waals surface area contributed by atoms with Crippen LogP contribution in [0, 0.1) is 11.3 Å². The lowest BCUT2D eigenvalue weighted by atomic mass is 10.1. The van der Waals surface area contributed by atoms with Crippen LogP contribution in [0.15, 0.2) is 24.4 Å². The Labute approximate surface area is 96.9 Å². The van der Waals surface area contributed by atoms with Gasteiger partial charge in [0.15, 0.2) is 6.10 Å². The Hall–Kier alpha value is -2.32. The summed E-state index contributed by atoms with van der Waals surface area (Å²) in [6.45, 7) is 0. The van der Waals surface area contributed by atoms with Crippen LogP contribution in [-0.2, 0) is 11.2 Å². The highest BCUT2D eigenvalue weighted by Gasteiger charge is 2.16. The molecule has 0 aliphatic heterocycles. The molecular formula is C12H10N2O3. The maximum Gasteiger partial charge on any atom is 0.332 e. The Morgan fingerprint density at radius 3 is 2.94 bits per heavy atom. The summed E-state index contributed by atoms with van der Waals surface area (Å²) in [6, 6.07) is 7.11. The number of benzene rings is 1. The first kappa shape index (κ1) is 11.2. The lowest BCUT2D eigenvalue weighted by Gasteiger charge is -2.03. The van der Waals surface area contributed by atoms with Crippen molar-refractivity contribution < 1.29 is 15.0 Å². The maximum atomic E-state index is 10.6. The molecule has 2 aromatic rings.